The predicted octanol–water partition coefficient (Wildman–Crippen LogP) is 3.74. The Kier molecular flexibility index (Phi) is 5.68. The zero-order chi connectivity index (χ0) is 16.9. The Bertz CT molecular complexity index is 671. The summed E-state index contributed by atoms with van der Waals surface area (Å²) in [5.41, 5.74) is 0. The van der Waals surface area contributed by atoms with Crippen LogP contribution < -0.4 is 5.32 Å². The summed E-state index contributed by atoms with van der Waals surface area (Å²) >= 11 is 1.55. The van der Waals surface area contributed by atoms with Crippen LogP contribution in [0.1, 0.15) is 65.5 Å². The van der Waals surface area contributed by atoms with E-state index in [4.69, 9.17) is 4.74 Å². The third kappa shape index (κ3) is 4.05. The van der Waals surface area contributed by atoms with Crippen LogP contribution in [-0.4, -0.2) is 28.6 Å². The molecule has 1 fully saturated rings. The van der Waals surface area contributed by atoms with Gasteiger partial charge in [0.15, 0.2) is 0 Å². The van der Waals surface area contributed by atoms with Gasteiger partial charge in [0.1, 0.15) is 5.82 Å². The smallest absolute Gasteiger partial charge is 0.261 e. The van der Waals surface area contributed by atoms with Gasteiger partial charge in [-0.1, -0.05) is 13.8 Å². The number of nitrogens with one attached hydrogen (secondary N) is 1. The van der Waals surface area contributed by atoms with E-state index < -0.39 is 0 Å². The van der Waals surface area contributed by atoms with Gasteiger partial charge in [-0.3, -0.25) is 4.79 Å². The van der Waals surface area contributed by atoms with Crippen LogP contribution in [0.15, 0.2) is 24.5 Å². The van der Waals surface area contributed by atoms with Crippen molar-refractivity contribution in [3.05, 3.63) is 40.1 Å². The van der Waals surface area contributed by atoms with E-state index in [9.17, 15) is 4.79 Å². The van der Waals surface area contributed by atoms with Crippen molar-refractivity contribution in [3.8, 4) is 0 Å². The SMILES string of the molecule is CC(C)c1nccn1CCCNC(=O)c1ccc(C2CCCO2)s1. The molecule has 24 heavy (non-hydrogen) atoms. The van der Waals surface area contributed by atoms with E-state index in [1.807, 2.05) is 24.5 Å². The van der Waals surface area contributed by atoms with Crippen LogP contribution in [0.25, 0.3) is 0 Å². The predicted molar refractivity (Wildman–Crippen MR) is 95.5 cm³/mol. The van der Waals surface area contributed by atoms with Crippen LogP contribution in [0.5, 0.6) is 0 Å². The summed E-state index contributed by atoms with van der Waals surface area (Å²) in [4.78, 5) is 18.6. The maximum Gasteiger partial charge on any atom is 0.261 e. The van der Waals surface area contributed by atoms with Crippen molar-refractivity contribution in [3.63, 3.8) is 0 Å². The molecule has 0 radical (unpaired) electrons. The number of amides is 1. The molecule has 6 heteroatoms. The number of aromatic nitrogens is 2. The quantitative estimate of drug-likeness (QED) is 0.776. The van der Waals surface area contributed by atoms with Gasteiger partial charge in [0.2, 0.25) is 0 Å². The van der Waals surface area contributed by atoms with Crippen LogP contribution in [0.2, 0.25) is 0 Å². The van der Waals surface area contributed by atoms with Crippen molar-refractivity contribution >= 4 is 17.2 Å². The van der Waals surface area contributed by atoms with Crippen molar-refractivity contribution < 1.29 is 9.53 Å². The standard InChI is InChI=1S/C18H25N3O2S/c1-13(2)17-19-9-11-21(17)10-4-8-20-18(22)16-7-6-15(24-16)14-5-3-12-23-14/h6-7,9,11,13-14H,3-5,8,10,12H2,1-2H3,(H,20,22). The minimum absolute atomic E-state index is 0.0129. The van der Waals surface area contributed by atoms with Crippen molar-refractivity contribution in [2.45, 2.75) is 51.7 Å². The van der Waals surface area contributed by atoms with E-state index in [-0.39, 0.29) is 12.0 Å². The van der Waals surface area contributed by atoms with Gasteiger partial charge in [0.05, 0.1) is 11.0 Å². The number of ether oxygens (including phenoxy) is 1. The second kappa shape index (κ2) is 7.94. The van der Waals surface area contributed by atoms with Gasteiger partial charge in [0.25, 0.3) is 5.91 Å². The number of hydrogen-bond acceptors (Lipinski definition) is 4. The highest BCUT2D eigenvalue weighted by Crippen LogP contribution is 2.33. The normalized spacial score (nSPS) is 17.5. The number of nitrogens with zero attached hydrogens (tertiary/aromatic N) is 2. The Morgan fingerprint density at radius 3 is 3.12 bits per heavy atom. The molecule has 1 amide bonds. The average molecular weight is 347 g/mol. The lowest BCUT2D eigenvalue weighted by atomic mass is 10.2. The molecule has 1 saturated heterocycles. The van der Waals surface area contributed by atoms with Crippen LogP contribution in [0.3, 0.4) is 0 Å². The molecular formula is C18H25N3O2S. The van der Waals surface area contributed by atoms with E-state index in [1.165, 1.54) is 0 Å². The zero-order valence-corrected chi connectivity index (χ0v) is 15.1. The third-order valence-electron chi connectivity index (χ3n) is 4.22. The summed E-state index contributed by atoms with van der Waals surface area (Å²) in [5, 5.41) is 3.01. The number of aryl methyl sites for hydroxylation is 1. The first-order valence-corrected chi connectivity index (χ1v) is 9.47. The molecule has 1 atom stereocenters. The van der Waals surface area contributed by atoms with E-state index in [0.29, 0.717) is 12.5 Å². The Hall–Kier alpha value is -1.66. The van der Waals surface area contributed by atoms with Gasteiger partial charge in [-0.25, -0.2) is 4.98 Å². The molecule has 1 N–H and O–H groups in total. The van der Waals surface area contributed by atoms with Gasteiger partial charge in [-0.2, -0.15) is 0 Å². The monoisotopic (exact) mass is 347 g/mol. The van der Waals surface area contributed by atoms with Crippen molar-refractivity contribution in [1.82, 2.24) is 14.9 Å². The molecule has 0 aliphatic carbocycles. The second-order valence-electron chi connectivity index (χ2n) is 6.45. The number of carbonyl (C=O) groups is 1. The summed E-state index contributed by atoms with van der Waals surface area (Å²) < 4.78 is 7.84. The van der Waals surface area contributed by atoms with Gasteiger partial charge in [-0.05, 0) is 31.4 Å². The molecule has 1 unspecified atom stereocenters. The number of hydrogen-bond donors (Lipinski definition) is 1. The molecular weight excluding hydrogens is 322 g/mol. The van der Waals surface area contributed by atoms with Crippen LogP contribution in [0.4, 0.5) is 0 Å². The summed E-state index contributed by atoms with van der Waals surface area (Å²) in [6.07, 6.45) is 7.09. The van der Waals surface area contributed by atoms with E-state index in [2.05, 4.69) is 28.7 Å². The molecule has 130 valence electrons. The molecule has 1 aliphatic rings. The van der Waals surface area contributed by atoms with Gasteiger partial charge in [-0.15, -0.1) is 11.3 Å². The molecule has 2 aromatic heterocycles. The third-order valence-corrected chi connectivity index (χ3v) is 5.40. The van der Waals surface area contributed by atoms with Gasteiger partial charge in [0, 0.05) is 42.9 Å². The summed E-state index contributed by atoms with van der Waals surface area (Å²) in [6.45, 7) is 6.66. The molecule has 3 heterocycles. The Morgan fingerprint density at radius 1 is 1.50 bits per heavy atom. The van der Waals surface area contributed by atoms with Crippen molar-refractivity contribution in [1.29, 1.82) is 0 Å². The highest BCUT2D eigenvalue weighted by atomic mass is 32.1. The van der Waals surface area contributed by atoms with Gasteiger partial charge >= 0.3 is 0 Å². The Balaban J connectivity index is 1.45. The number of carbonyl (C=O) groups excluding carboxylic acids is 1. The van der Waals surface area contributed by atoms with Crippen LogP contribution >= 0.6 is 11.3 Å². The lowest BCUT2D eigenvalue weighted by molar-refractivity contribution is 0.0956. The number of thiophene rings is 1. The fraction of sp³-hybridized carbons (Fsp3) is 0.556. The number of rotatable bonds is 7. The molecule has 1 aliphatic heterocycles. The van der Waals surface area contributed by atoms with Crippen LogP contribution in [0, 0.1) is 0 Å². The molecule has 5 nitrogen and oxygen atoms in total. The highest BCUT2D eigenvalue weighted by Gasteiger charge is 2.20. The molecule has 0 saturated carbocycles. The first-order chi connectivity index (χ1) is 11.6. The molecule has 0 spiro atoms. The molecule has 0 bridgehead atoms. The van der Waals surface area contributed by atoms with E-state index >= 15 is 0 Å². The topological polar surface area (TPSA) is 56.2 Å². The minimum atomic E-state index is 0.0129. The largest absolute Gasteiger partial charge is 0.373 e. The Labute approximate surface area is 147 Å². The summed E-state index contributed by atoms with van der Waals surface area (Å²) in [7, 11) is 0. The fourth-order valence-electron chi connectivity index (χ4n) is 3.00. The second-order valence-corrected chi connectivity index (χ2v) is 7.56. The summed E-state index contributed by atoms with van der Waals surface area (Å²) in [6, 6.07) is 3.93. The first kappa shape index (κ1) is 17.2. The van der Waals surface area contributed by atoms with E-state index in [0.717, 1.165) is 48.0 Å². The van der Waals surface area contributed by atoms with E-state index in [1.54, 1.807) is 11.3 Å². The van der Waals surface area contributed by atoms with Crippen molar-refractivity contribution in [2.24, 2.45) is 0 Å². The van der Waals surface area contributed by atoms with Crippen molar-refractivity contribution in [2.75, 3.05) is 13.2 Å². The minimum Gasteiger partial charge on any atom is -0.373 e. The van der Waals surface area contributed by atoms with Crippen LogP contribution in [-0.2, 0) is 11.3 Å². The van der Waals surface area contributed by atoms with Gasteiger partial charge < -0.3 is 14.6 Å². The molecule has 2 aromatic rings. The lowest BCUT2D eigenvalue weighted by Crippen LogP contribution is -2.24. The lowest BCUT2D eigenvalue weighted by Gasteiger charge is -2.10. The molecule has 0 aromatic carbocycles. The fourth-order valence-corrected chi connectivity index (χ4v) is 4.01. The highest BCUT2D eigenvalue weighted by molar-refractivity contribution is 7.14. The molecule has 3 rings (SSSR count). The Morgan fingerprint density at radius 2 is 2.38 bits per heavy atom. The summed E-state index contributed by atoms with van der Waals surface area (Å²) in [5.74, 6) is 1.52. The first-order valence-electron chi connectivity index (χ1n) is 8.65. The maximum atomic E-state index is 12.2. The number of imidazole rings is 1. The average Bonchev–Trinajstić information content (AvgIpc) is 3.31. The zero-order valence-electron chi connectivity index (χ0n) is 14.3. The maximum absolute atomic E-state index is 12.2.